The van der Waals surface area contributed by atoms with Crippen molar-refractivity contribution in [1.29, 1.82) is 0 Å². The number of imidazole rings is 1. The molecule has 126 valence electrons. The van der Waals surface area contributed by atoms with Gasteiger partial charge in [0, 0.05) is 26.0 Å². The van der Waals surface area contributed by atoms with Gasteiger partial charge < -0.3 is 14.8 Å². The van der Waals surface area contributed by atoms with Crippen LogP contribution in [0.15, 0.2) is 61.1 Å². The Morgan fingerprint density at radius 1 is 1.08 bits per heavy atom. The largest absolute Gasteiger partial charge is 0.319 e. The van der Waals surface area contributed by atoms with E-state index in [1.807, 2.05) is 18.2 Å². The fourth-order valence-electron chi connectivity index (χ4n) is 2.37. The molecule has 0 saturated carbocycles. The number of pyridine rings is 1. The third kappa shape index (κ3) is 3.40. The number of carbonyl (C=O) groups is 2. The quantitative estimate of drug-likeness (QED) is 0.793. The van der Waals surface area contributed by atoms with Crippen molar-refractivity contribution in [3.63, 3.8) is 0 Å². The molecule has 0 spiro atoms. The molecule has 0 saturated heterocycles. The normalized spacial score (nSPS) is 10.3. The number of nitrogens with zero attached hydrogens (tertiary/aromatic N) is 4. The van der Waals surface area contributed by atoms with E-state index in [1.165, 1.54) is 15.7 Å². The monoisotopic (exact) mass is 335 g/mol. The van der Waals surface area contributed by atoms with Crippen LogP contribution in [0.5, 0.6) is 0 Å². The van der Waals surface area contributed by atoms with Crippen LogP contribution in [0.4, 0.5) is 11.4 Å². The first-order valence-electron chi connectivity index (χ1n) is 7.64. The zero-order valence-corrected chi connectivity index (χ0v) is 13.9. The highest BCUT2D eigenvalue weighted by Crippen LogP contribution is 2.15. The summed E-state index contributed by atoms with van der Waals surface area (Å²) in [4.78, 5) is 34.6. The summed E-state index contributed by atoms with van der Waals surface area (Å²) in [6.45, 7) is 0. The molecule has 0 atom stereocenters. The Morgan fingerprint density at radius 3 is 2.52 bits per heavy atom. The molecule has 1 N–H and O–H groups in total. The Bertz CT molecular complexity index is 890. The van der Waals surface area contributed by atoms with Crippen molar-refractivity contribution in [2.24, 2.45) is 7.05 Å². The molecule has 0 unspecified atom stereocenters. The van der Waals surface area contributed by atoms with Crippen molar-refractivity contribution in [3.8, 4) is 0 Å². The fourth-order valence-corrected chi connectivity index (χ4v) is 2.37. The second-order valence-electron chi connectivity index (χ2n) is 5.42. The minimum atomic E-state index is -0.378. The van der Waals surface area contributed by atoms with E-state index in [2.05, 4.69) is 15.3 Å². The van der Waals surface area contributed by atoms with Gasteiger partial charge in [-0.1, -0.05) is 18.2 Å². The number of para-hydroxylation sites is 1. The smallest absolute Gasteiger partial charge is 0.291 e. The Hall–Kier alpha value is -3.48. The number of aromatic nitrogens is 3. The van der Waals surface area contributed by atoms with Crippen LogP contribution in [-0.2, 0) is 7.05 Å². The van der Waals surface area contributed by atoms with Gasteiger partial charge in [0.15, 0.2) is 5.82 Å². The minimum absolute atomic E-state index is 0.159. The molecule has 3 aromatic rings. The molecule has 0 aliphatic carbocycles. The summed E-state index contributed by atoms with van der Waals surface area (Å²) in [5, 5.41) is 2.76. The Labute approximate surface area is 144 Å². The number of hydrogen-bond donors (Lipinski definition) is 1. The molecule has 1 aromatic carbocycles. The van der Waals surface area contributed by atoms with Crippen molar-refractivity contribution >= 4 is 23.2 Å². The van der Waals surface area contributed by atoms with Crippen LogP contribution < -0.4 is 10.2 Å². The van der Waals surface area contributed by atoms with Crippen LogP contribution in [0.25, 0.3) is 0 Å². The van der Waals surface area contributed by atoms with Crippen LogP contribution in [0, 0.1) is 0 Å². The van der Waals surface area contributed by atoms with Crippen LogP contribution >= 0.6 is 0 Å². The lowest BCUT2D eigenvalue weighted by Crippen LogP contribution is -2.29. The number of benzene rings is 1. The highest BCUT2D eigenvalue weighted by Gasteiger charge is 2.22. The zero-order chi connectivity index (χ0) is 17.8. The van der Waals surface area contributed by atoms with Crippen molar-refractivity contribution < 1.29 is 9.59 Å². The molecular formula is C18H17N5O2. The first kappa shape index (κ1) is 16.4. The van der Waals surface area contributed by atoms with Gasteiger partial charge in [0.05, 0.1) is 18.1 Å². The average molecular weight is 335 g/mol. The predicted octanol–water partition coefficient (Wildman–Crippen LogP) is 2.34. The molecule has 2 aromatic heterocycles. The third-order valence-electron chi connectivity index (χ3n) is 3.78. The Morgan fingerprint density at radius 2 is 1.84 bits per heavy atom. The third-order valence-corrected chi connectivity index (χ3v) is 3.78. The first-order chi connectivity index (χ1) is 12.1. The van der Waals surface area contributed by atoms with Gasteiger partial charge in [-0.3, -0.25) is 14.6 Å². The molecule has 0 aliphatic heterocycles. The van der Waals surface area contributed by atoms with E-state index < -0.39 is 0 Å². The van der Waals surface area contributed by atoms with Crippen molar-refractivity contribution in [2.75, 3.05) is 17.3 Å². The van der Waals surface area contributed by atoms with Crippen molar-refractivity contribution in [1.82, 2.24) is 14.5 Å². The van der Waals surface area contributed by atoms with Gasteiger partial charge in [-0.2, -0.15) is 0 Å². The van der Waals surface area contributed by atoms with Crippen LogP contribution in [0.1, 0.15) is 21.1 Å². The molecule has 7 nitrogen and oxygen atoms in total. The number of hydrogen-bond acceptors (Lipinski definition) is 4. The predicted molar refractivity (Wildman–Crippen MR) is 94.6 cm³/mol. The van der Waals surface area contributed by atoms with E-state index in [0.29, 0.717) is 17.1 Å². The summed E-state index contributed by atoms with van der Waals surface area (Å²) in [6.07, 6.45) is 4.63. The molecule has 2 amide bonds. The van der Waals surface area contributed by atoms with E-state index in [4.69, 9.17) is 0 Å². The van der Waals surface area contributed by atoms with E-state index in [1.54, 1.807) is 50.8 Å². The molecule has 0 radical (unpaired) electrons. The maximum atomic E-state index is 12.7. The number of rotatable bonds is 4. The molecule has 0 bridgehead atoms. The highest BCUT2D eigenvalue weighted by atomic mass is 16.2. The Balaban J connectivity index is 1.81. The van der Waals surface area contributed by atoms with Crippen molar-refractivity contribution in [3.05, 3.63) is 72.6 Å². The fraction of sp³-hybridized carbons (Fsp3) is 0.111. The molecular weight excluding hydrogens is 318 g/mol. The summed E-state index contributed by atoms with van der Waals surface area (Å²) in [6, 6.07) is 12.6. The van der Waals surface area contributed by atoms with E-state index in [9.17, 15) is 9.59 Å². The van der Waals surface area contributed by atoms with Crippen LogP contribution in [0.2, 0.25) is 0 Å². The summed E-state index contributed by atoms with van der Waals surface area (Å²) in [7, 11) is 3.29. The average Bonchev–Trinajstić information content (AvgIpc) is 3.03. The van der Waals surface area contributed by atoms with E-state index in [-0.39, 0.29) is 17.6 Å². The SMILES string of the molecule is CN(C(=O)c1cnc(C(=O)Nc2ccccc2)n1C)c1cccnc1. The summed E-state index contributed by atoms with van der Waals surface area (Å²) >= 11 is 0. The van der Waals surface area contributed by atoms with Crippen molar-refractivity contribution in [2.45, 2.75) is 0 Å². The molecule has 0 aliphatic rings. The molecule has 25 heavy (non-hydrogen) atoms. The lowest BCUT2D eigenvalue weighted by atomic mass is 10.3. The number of nitrogens with one attached hydrogen (secondary N) is 1. The zero-order valence-electron chi connectivity index (χ0n) is 13.9. The lowest BCUT2D eigenvalue weighted by Gasteiger charge is -2.17. The number of anilines is 2. The van der Waals surface area contributed by atoms with Gasteiger partial charge in [-0.05, 0) is 24.3 Å². The second kappa shape index (κ2) is 6.96. The minimum Gasteiger partial charge on any atom is -0.319 e. The van der Waals surface area contributed by atoms with Gasteiger partial charge in [0.2, 0.25) is 0 Å². The van der Waals surface area contributed by atoms with Gasteiger partial charge in [-0.25, -0.2) is 4.98 Å². The highest BCUT2D eigenvalue weighted by molar-refractivity contribution is 6.07. The topological polar surface area (TPSA) is 80.1 Å². The maximum absolute atomic E-state index is 12.7. The van der Waals surface area contributed by atoms with Crippen LogP contribution in [-0.4, -0.2) is 33.4 Å². The Kier molecular flexibility index (Phi) is 4.56. The molecule has 0 fully saturated rings. The van der Waals surface area contributed by atoms with Gasteiger partial charge >= 0.3 is 0 Å². The van der Waals surface area contributed by atoms with Gasteiger partial charge in [0.1, 0.15) is 5.69 Å². The first-order valence-corrected chi connectivity index (χ1v) is 7.64. The summed E-state index contributed by atoms with van der Waals surface area (Å²) < 4.78 is 1.48. The second-order valence-corrected chi connectivity index (χ2v) is 5.42. The van der Waals surface area contributed by atoms with E-state index >= 15 is 0 Å². The molecule has 3 rings (SSSR count). The number of carbonyl (C=O) groups excluding carboxylic acids is 2. The summed E-state index contributed by atoms with van der Waals surface area (Å²) in [5.74, 6) is -0.495. The standard InChI is InChI=1S/C18H17N5O2/c1-22(14-9-6-10-19-11-14)18(25)15-12-20-16(23(15)2)17(24)21-13-7-4-3-5-8-13/h3-12H,1-2H3,(H,21,24). The lowest BCUT2D eigenvalue weighted by molar-refractivity contribution is 0.0984. The number of amides is 2. The maximum Gasteiger partial charge on any atom is 0.291 e. The van der Waals surface area contributed by atoms with Gasteiger partial charge in [0.25, 0.3) is 11.8 Å². The molecule has 2 heterocycles. The van der Waals surface area contributed by atoms with Crippen LogP contribution in [0.3, 0.4) is 0 Å². The molecule has 7 heteroatoms. The summed E-state index contributed by atoms with van der Waals surface area (Å²) in [5.41, 5.74) is 1.63. The van der Waals surface area contributed by atoms with Gasteiger partial charge in [-0.15, -0.1) is 0 Å². The van der Waals surface area contributed by atoms with E-state index in [0.717, 1.165) is 0 Å².